The number of hydrogen-bond donors (Lipinski definition) is 0. The number of carbonyl (C=O) groups is 1. The predicted octanol–water partition coefficient (Wildman–Crippen LogP) is 2.95. The summed E-state index contributed by atoms with van der Waals surface area (Å²) < 4.78 is 1.88. The maximum absolute atomic E-state index is 12.5. The average molecular weight is 283 g/mol. The summed E-state index contributed by atoms with van der Waals surface area (Å²) in [5.74, 6) is 0.169. The monoisotopic (exact) mass is 283 g/mol. The number of benzene rings is 1. The molecule has 0 aliphatic carbocycles. The fourth-order valence-electron chi connectivity index (χ4n) is 2.79. The van der Waals surface area contributed by atoms with Crippen LogP contribution in [0.15, 0.2) is 42.7 Å². The molecule has 0 radical (unpaired) electrons. The van der Waals surface area contributed by atoms with Crippen molar-refractivity contribution in [2.24, 2.45) is 0 Å². The van der Waals surface area contributed by atoms with Crippen molar-refractivity contribution in [1.82, 2.24) is 14.7 Å². The van der Waals surface area contributed by atoms with E-state index in [0.29, 0.717) is 0 Å². The van der Waals surface area contributed by atoms with Gasteiger partial charge in [-0.1, -0.05) is 25.0 Å². The Bertz CT molecular complexity index is 567. The Labute approximate surface area is 125 Å². The molecular formula is C17H21N3O. The van der Waals surface area contributed by atoms with Gasteiger partial charge in [0, 0.05) is 31.0 Å². The van der Waals surface area contributed by atoms with Crippen molar-refractivity contribution in [2.75, 3.05) is 13.1 Å². The lowest BCUT2D eigenvalue weighted by Crippen LogP contribution is -2.31. The first-order valence-corrected chi connectivity index (χ1v) is 7.68. The minimum atomic E-state index is 0.169. The zero-order chi connectivity index (χ0) is 14.5. The molecule has 110 valence electrons. The van der Waals surface area contributed by atoms with Crippen LogP contribution in [0.1, 0.15) is 41.6 Å². The molecule has 1 fully saturated rings. The maximum atomic E-state index is 12.5. The second kappa shape index (κ2) is 6.57. The van der Waals surface area contributed by atoms with E-state index in [4.69, 9.17) is 0 Å². The third-order valence-corrected chi connectivity index (χ3v) is 4.00. The lowest BCUT2D eigenvalue weighted by atomic mass is 10.1. The first-order valence-electron chi connectivity index (χ1n) is 7.68. The van der Waals surface area contributed by atoms with Crippen molar-refractivity contribution in [3.8, 4) is 0 Å². The van der Waals surface area contributed by atoms with E-state index in [1.165, 1.54) is 12.8 Å². The molecule has 1 aromatic carbocycles. The Hall–Kier alpha value is -2.10. The van der Waals surface area contributed by atoms with E-state index in [2.05, 4.69) is 5.10 Å². The molecule has 3 rings (SSSR count). The van der Waals surface area contributed by atoms with Crippen molar-refractivity contribution < 1.29 is 4.79 Å². The average Bonchev–Trinajstić information content (AvgIpc) is 2.87. The van der Waals surface area contributed by atoms with Gasteiger partial charge in [-0.2, -0.15) is 5.10 Å². The van der Waals surface area contributed by atoms with Crippen LogP contribution in [0, 0.1) is 0 Å². The van der Waals surface area contributed by atoms with E-state index in [-0.39, 0.29) is 5.91 Å². The van der Waals surface area contributed by atoms with E-state index in [0.717, 1.165) is 43.6 Å². The second-order valence-corrected chi connectivity index (χ2v) is 5.61. The number of amides is 1. The van der Waals surface area contributed by atoms with Crippen molar-refractivity contribution in [2.45, 2.75) is 32.2 Å². The molecule has 4 nitrogen and oxygen atoms in total. The van der Waals surface area contributed by atoms with E-state index in [1.807, 2.05) is 46.1 Å². The zero-order valence-electron chi connectivity index (χ0n) is 12.2. The largest absolute Gasteiger partial charge is 0.339 e. The van der Waals surface area contributed by atoms with Gasteiger partial charge in [-0.25, -0.2) is 0 Å². The number of nitrogens with zero attached hydrogens (tertiary/aromatic N) is 3. The van der Waals surface area contributed by atoms with Crippen molar-refractivity contribution in [1.29, 1.82) is 0 Å². The fourth-order valence-corrected chi connectivity index (χ4v) is 2.79. The van der Waals surface area contributed by atoms with Gasteiger partial charge in [0.15, 0.2) is 0 Å². The quantitative estimate of drug-likeness (QED) is 0.868. The molecule has 1 aliphatic heterocycles. The Morgan fingerprint density at radius 1 is 1.05 bits per heavy atom. The van der Waals surface area contributed by atoms with Gasteiger partial charge in [-0.3, -0.25) is 9.48 Å². The molecule has 0 unspecified atom stereocenters. The summed E-state index contributed by atoms with van der Waals surface area (Å²) >= 11 is 0. The fraction of sp³-hybridized carbons (Fsp3) is 0.412. The molecule has 0 bridgehead atoms. The van der Waals surface area contributed by atoms with Crippen molar-refractivity contribution >= 4 is 5.91 Å². The lowest BCUT2D eigenvalue weighted by molar-refractivity contribution is 0.0761. The Morgan fingerprint density at radius 2 is 1.76 bits per heavy atom. The first-order chi connectivity index (χ1) is 10.3. The summed E-state index contributed by atoms with van der Waals surface area (Å²) in [5, 5.41) is 4.19. The topological polar surface area (TPSA) is 38.1 Å². The highest BCUT2D eigenvalue weighted by Gasteiger charge is 2.16. The van der Waals surface area contributed by atoms with Gasteiger partial charge < -0.3 is 4.90 Å². The third-order valence-electron chi connectivity index (χ3n) is 4.00. The summed E-state index contributed by atoms with van der Waals surface area (Å²) in [6.07, 6.45) is 8.46. The minimum absolute atomic E-state index is 0.169. The second-order valence-electron chi connectivity index (χ2n) is 5.61. The number of likely N-dealkylation sites (tertiary alicyclic amines) is 1. The number of carbonyl (C=O) groups excluding carboxylic acids is 1. The van der Waals surface area contributed by atoms with Gasteiger partial charge in [-0.05, 0) is 36.6 Å². The SMILES string of the molecule is O=C(c1ccc(Cn2cccn2)cc1)N1CCCCCC1. The standard InChI is InChI=1S/C17H21N3O/c21-17(19-11-3-1-2-4-12-19)16-8-6-15(7-9-16)14-20-13-5-10-18-20/h5-10,13H,1-4,11-12,14H2. The summed E-state index contributed by atoms with van der Waals surface area (Å²) in [4.78, 5) is 14.5. The third kappa shape index (κ3) is 3.51. The molecule has 21 heavy (non-hydrogen) atoms. The van der Waals surface area contributed by atoms with E-state index in [9.17, 15) is 4.79 Å². The molecule has 0 atom stereocenters. The molecule has 1 aliphatic rings. The van der Waals surface area contributed by atoms with Crippen LogP contribution in [-0.4, -0.2) is 33.7 Å². The smallest absolute Gasteiger partial charge is 0.253 e. The molecule has 2 aromatic rings. The first kappa shape index (κ1) is 13.9. The molecular weight excluding hydrogens is 262 g/mol. The van der Waals surface area contributed by atoms with Crippen molar-refractivity contribution in [3.63, 3.8) is 0 Å². The van der Waals surface area contributed by atoms with Crippen LogP contribution >= 0.6 is 0 Å². The molecule has 0 N–H and O–H groups in total. The van der Waals surface area contributed by atoms with Crippen LogP contribution in [0.2, 0.25) is 0 Å². The Balaban J connectivity index is 1.66. The maximum Gasteiger partial charge on any atom is 0.253 e. The molecule has 0 saturated carbocycles. The summed E-state index contributed by atoms with van der Waals surface area (Å²) in [5.41, 5.74) is 1.95. The highest BCUT2D eigenvalue weighted by molar-refractivity contribution is 5.94. The van der Waals surface area contributed by atoms with E-state index < -0.39 is 0 Å². The molecule has 1 aromatic heterocycles. The van der Waals surface area contributed by atoms with Crippen LogP contribution in [0.4, 0.5) is 0 Å². The molecule has 1 saturated heterocycles. The minimum Gasteiger partial charge on any atom is -0.339 e. The summed E-state index contributed by atoms with van der Waals surface area (Å²) in [7, 11) is 0. The van der Waals surface area contributed by atoms with Gasteiger partial charge in [0.2, 0.25) is 0 Å². The van der Waals surface area contributed by atoms with Crippen LogP contribution in [0.3, 0.4) is 0 Å². The molecule has 1 amide bonds. The zero-order valence-corrected chi connectivity index (χ0v) is 12.2. The van der Waals surface area contributed by atoms with Crippen LogP contribution in [-0.2, 0) is 6.54 Å². The van der Waals surface area contributed by atoms with Crippen LogP contribution in [0.5, 0.6) is 0 Å². The highest BCUT2D eigenvalue weighted by Crippen LogP contribution is 2.14. The van der Waals surface area contributed by atoms with Gasteiger partial charge in [0.05, 0.1) is 6.54 Å². The summed E-state index contributed by atoms with van der Waals surface area (Å²) in [6, 6.07) is 9.83. The van der Waals surface area contributed by atoms with Gasteiger partial charge in [0.25, 0.3) is 5.91 Å². The predicted molar refractivity (Wildman–Crippen MR) is 82.1 cm³/mol. The van der Waals surface area contributed by atoms with E-state index >= 15 is 0 Å². The highest BCUT2D eigenvalue weighted by atomic mass is 16.2. The van der Waals surface area contributed by atoms with Gasteiger partial charge in [0.1, 0.15) is 0 Å². The van der Waals surface area contributed by atoms with Crippen LogP contribution < -0.4 is 0 Å². The molecule has 2 heterocycles. The van der Waals surface area contributed by atoms with Gasteiger partial charge in [-0.15, -0.1) is 0 Å². The normalized spacial score (nSPS) is 15.7. The number of hydrogen-bond acceptors (Lipinski definition) is 2. The van der Waals surface area contributed by atoms with Crippen LogP contribution in [0.25, 0.3) is 0 Å². The molecule has 0 spiro atoms. The molecule has 4 heteroatoms. The Morgan fingerprint density at radius 3 is 2.38 bits per heavy atom. The summed E-state index contributed by atoms with van der Waals surface area (Å²) in [6.45, 7) is 2.53. The lowest BCUT2D eigenvalue weighted by Gasteiger charge is -2.20. The number of aromatic nitrogens is 2. The van der Waals surface area contributed by atoms with Crippen molar-refractivity contribution in [3.05, 3.63) is 53.9 Å². The Kier molecular flexibility index (Phi) is 4.34. The van der Waals surface area contributed by atoms with Gasteiger partial charge >= 0.3 is 0 Å². The van der Waals surface area contributed by atoms with E-state index in [1.54, 1.807) is 6.20 Å². The number of rotatable bonds is 3.